The van der Waals surface area contributed by atoms with E-state index >= 15 is 0 Å². The number of rotatable bonds is 10. The van der Waals surface area contributed by atoms with Crippen LogP contribution < -0.4 is 18.5 Å². The average molecular weight is 491 g/mol. The van der Waals surface area contributed by atoms with Crippen molar-refractivity contribution < 1.29 is 27.4 Å². The smallest absolute Gasteiger partial charge is 0.264 e. The van der Waals surface area contributed by atoms with Gasteiger partial charge in [0.2, 0.25) is 5.91 Å². The van der Waals surface area contributed by atoms with Crippen LogP contribution in [0.5, 0.6) is 17.2 Å². The molecule has 1 aliphatic carbocycles. The van der Waals surface area contributed by atoms with E-state index < -0.39 is 10.0 Å². The highest BCUT2D eigenvalue weighted by atomic mass is 32.2. The number of ether oxygens (including phenoxy) is 3. The highest BCUT2D eigenvalue weighted by Crippen LogP contribution is 2.33. The third-order valence-electron chi connectivity index (χ3n) is 6.17. The van der Waals surface area contributed by atoms with Crippen molar-refractivity contribution in [3.8, 4) is 17.2 Å². The van der Waals surface area contributed by atoms with E-state index in [2.05, 4.69) is 0 Å². The monoisotopic (exact) mass is 490 g/mol. The number of hydrogen-bond acceptors (Lipinski definition) is 6. The van der Waals surface area contributed by atoms with Crippen LogP contribution in [0.25, 0.3) is 0 Å². The molecule has 2 aromatic rings. The average Bonchev–Trinajstić information content (AvgIpc) is 2.87. The van der Waals surface area contributed by atoms with Crippen molar-refractivity contribution >= 4 is 21.6 Å². The van der Waals surface area contributed by atoms with Crippen LogP contribution in [0, 0.1) is 0 Å². The first-order valence-electron chi connectivity index (χ1n) is 11.5. The number of carbonyl (C=O) groups is 1. The molecule has 1 fully saturated rings. The molecule has 0 N–H and O–H groups in total. The van der Waals surface area contributed by atoms with Gasteiger partial charge >= 0.3 is 0 Å². The Morgan fingerprint density at radius 2 is 1.62 bits per heavy atom. The van der Waals surface area contributed by atoms with E-state index in [1.54, 1.807) is 36.2 Å². The fourth-order valence-corrected chi connectivity index (χ4v) is 5.63. The van der Waals surface area contributed by atoms with E-state index in [1.165, 1.54) is 38.8 Å². The highest BCUT2D eigenvalue weighted by molar-refractivity contribution is 7.92. The predicted octanol–water partition coefficient (Wildman–Crippen LogP) is 4.09. The summed E-state index contributed by atoms with van der Waals surface area (Å²) in [6.07, 6.45) is 5.20. The Bertz CT molecular complexity index is 1070. The maximum Gasteiger partial charge on any atom is 0.264 e. The summed E-state index contributed by atoms with van der Waals surface area (Å²) in [7, 11) is 0.605. The van der Waals surface area contributed by atoms with Gasteiger partial charge in [0.1, 0.15) is 12.3 Å². The van der Waals surface area contributed by atoms with Crippen molar-refractivity contribution in [2.45, 2.75) is 50.0 Å². The standard InChI is InChI=1S/C25H34N2O6S/c1-5-33-21-13-11-20(12-14-21)27(18-25(28)26(2)19-9-7-6-8-10-19)34(29,30)22-15-16-23(31-3)24(17-22)32-4/h11-17,19H,5-10,18H2,1-4H3. The zero-order valence-corrected chi connectivity index (χ0v) is 21.1. The molecule has 0 atom stereocenters. The molecule has 0 unspecified atom stereocenters. The summed E-state index contributed by atoms with van der Waals surface area (Å²) >= 11 is 0. The summed E-state index contributed by atoms with van der Waals surface area (Å²) < 4.78 is 44.7. The van der Waals surface area contributed by atoms with Gasteiger partial charge in [0.05, 0.1) is 31.4 Å². The van der Waals surface area contributed by atoms with Crippen molar-refractivity contribution in [2.24, 2.45) is 0 Å². The predicted molar refractivity (Wildman–Crippen MR) is 131 cm³/mol. The first kappa shape index (κ1) is 25.7. The van der Waals surface area contributed by atoms with Gasteiger partial charge in [-0.2, -0.15) is 0 Å². The van der Waals surface area contributed by atoms with Crippen molar-refractivity contribution in [2.75, 3.05) is 38.7 Å². The van der Waals surface area contributed by atoms with E-state index in [1.807, 2.05) is 6.92 Å². The Kier molecular flexibility index (Phi) is 8.66. The Balaban J connectivity index is 1.97. The normalized spacial score (nSPS) is 14.4. The van der Waals surface area contributed by atoms with Crippen LogP contribution in [0.3, 0.4) is 0 Å². The van der Waals surface area contributed by atoms with Crippen molar-refractivity contribution in [1.29, 1.82) is 0 Å². The summed E-state index contributed by atoms with van der Waals surface area (Å²) in [5, 5.41) is 0. The number of carbonyl (C=O) groups excluding carboxylic acids is 1. The van der Waals surface area contributed by atoms with Crippen LogP contribution in [-0.4, -0.2) is 59.7 Å². The fraction of sp³-hybridized carbons (Fsp3) is 0.480. The molecule has 1 aliphatic rings. The quantitative estimate of drug-likeness (QED) is 0.499. The molecule has 0 heterocycles. The lowest BCUT2D eigenvalue weighted by molar-refractivity contribution is -0.130. The third-order valence-corrected chi connectivity index (χ3v) is 7.94. The molecule has 0 radical (unpaired) electrons. The number of benzene rings is 2. The minimum absolute atomic E-state index is 0.00662. The minimum Gasteiger partial charge on any atom is -0.494 e. The number of sulfonamides is 1. The zero-order chi connectivity index (χ0) is 24.7. The van der Waals surface area contributed by atoms with Crippen molar-refractivity contribution in [3.63, 3.8) is 0 Å². The van der Waals surface area contributed by atoms with Crippen LogP contribution in [0.1, 0.15) is 39.0 Å². The van der Waals surface area contributed by atoms with Gasteiger partial charge < -0.3 is 19.1 Å². The lowest BCUT2D eigenvalue weighted by Crippen LogP contribution is -2.45. The Hall–Kier alpha value is -2.94. The van der Waals surface area contributed by atoms with Crippen LogP contribution in [0.4, 0.5) is 5.69 Å². The molecular weight excluding hydrogens is 456 g/mol. The third kappa shape index (κ3) is 5.75. The van der Waals surface area contributed by atoms with Crippen LogP contribution in [-0.2, 0) is 14.8 Å². The van der Waals surface area contributed by atoms with E-state index in [9.17, 15) is 13.2 Å². The molecule has 8 nitrogen and oxygen atoms in total. The molecule has 0 saturated heterocycles. The molecule has 1 saturated carbocycles. The molecule has 0 aromatic heterocycles. The van der Waals surface area contributed by atoms with Crippen molar-refractivity contribution in [1.82, 2.24) is 4.90 Å². The molecule has 186 valence electrons. The van der Waals surface area contributed by atoms with Gasteiger partial charge in [-0.25, -0.2) is 8.42 Å². The van der Waals surface area contributed by atoms with Gasteiger partial charge in [-0.05, 0) is 56.2 Å². The van der Waals surface area contributed by atoms with E-state index in [4.69, 9.17) is 14.2 Å². The second kappa shape index (κ2) is 11.5. The topological polar surface area (TPSA) is 85.4 Å². The van der Waals surface area contributed by atoms with Crippen molar-refractivity contribution in [3.05, 3.63) is 42.5 Å². The summed E-state index contributed by atoms with van der Waals surface area (Å²) in [4.78, 5) is 15.0. The van der Waals surface area contributed by atoms with Gasteiger partial charge in [-0.3, -0.25) is 9.10 Å². The molecule has 0 spiro atoms. The van der Waals surface area contributed by atoms with Gasteiger partial charge in [0.15, 0.2) is 11.5 Å². The number of hydrogen-bond donors (Lipinski definition) is 0. The summed E-state index contributed by atoms with van der Waals surface area (Å²) in [6, 6.07) is 11.2. The molecule has 34 heavy (non-hydrogen) atoms. The fourth-order valence-electron chi connectivity index (χ4n) is 4.20. The maximum absolute atomic E-state index is 13.8. The second-order valence-corrected chi connectivity index (χ2v) is 10.1. The largest absolute Gasteiger partial charge is 0.494 e. The van der Waals surface area contributed by atoms with Gasteiger partial charge in [0.25, 0.3) is 10.0 Å². The van der Waals surface area contributed by atoms with Gasteiger partial charge in [0, 0.05) is 19.2 Å². The number of methoxy groups -OCH3 is 2. The minimum atomic E-state index is -4.09. The van der Waals surface area contributed by atoms with Gasteiger partial charge in [-0.15, -0.1) is 0 Å². The van der Waals surface area contributed by atoms with E-state index in [0.717, 1.165) is 30.0 Å². The van der Waals surface area contributed by atoms with E-state index in [-0.39, 0.29) is 23.4 Å². The van der Waals surface area contributed by atoms with Crippen LogP contribution in [0.2, 0.25) is 0 Å². The number of nitrogens with zero attached hydrogens (tertiary/aromatic N) is 2. The first-order valence-corrected chi connectivity index (χ1v) is 13.0. The van der Waals surface area contributed by atoms with Crippen LogP contribution in [0.15, 0.2) is 47.4 Å². The number of amides is 1. The first-order chi connectivity index (χ1) is 16.3. The highest BCUT2D eigenvalue weighted by Gasteiger charge is 2.31. The van der Waals surface area contributed by atoms with Crippen LogP contribution >= 0.6 is 0 Å². The molecule has 1 amide bonds. The SMILES string of the molecule is CCOc1ccc(N(CC(=O)N(C)C2CCCCC2)S(=O)(=O)c2ccc(OC)c(OC)c2)cc1. The molecule has 0 bridgehead atoms. The summed E-state index contributed by atoms with van der Waals surface area (Å²) in [5.74, 6) is 1.09. The summed E-state index contributed by atoms with van der Waals surface area (Å²) in [5.41, 5.74) is 0.378. The Labute approximate surface area is 202 Å². The van der Waals surface area contributed by atoms with E-state index in [0.29, 0.717) is 29.5 Å². The number of anilines is 1. The molecule has 0 aliphatic heterocycles. The molecule has 3 rings (SSSR count). The number of likely N-dealkylation sites (N-methyl/N-ethyl adjacent to an activating group) is 1. The second-order valence-electron chi connectivity index (χ2n) is 8.25. The molecular formula is C25H34N2O6S. The lowest BCUT2D eigenvalue weighted by Gasteiger charge is -2.33. The zero-order valence-electron chi connectivity index (χ0n) is 20.3. The maximum atomic E-state index is 13.8. The Morgan fingerprint density at radius 1 is 0.971 bits per heavy atom. The molecule has 2 aromatic carbocycles. The summed E-state index contributed by atoms with van der Waals surface area (Å²) in [6.45, 7) is 2.07. The lowest BCUT2D eigenvalue weighted by atomic mass is 9.94. The van der Waals surface area contributed by atoms with Gasteiger partial charge in [-0.1, -0.05) is 19.3 Å². The molecule has 9 heteroatoms. The Morgan fingerprint density at radius 3 is 2.21 bits per heavy atom.